The third-order valence-corrected chi connectivity index (χ3v) is 4.65. The predicted octanol–water partition coefficient (Wildman–Crippen LogP) is 3.72. The Morgan fingerprint density at radius 1 is 1.42 bits per heavy atom. The summed E-state index contributed by atoms with van der Waals surface area (Å²) in [6.07, 6.45) is 3.81. The fraction of sp³-hybridized carbons (Fsp3) is 0.625. The molecular weight excluding hydrogens is 256 g/mol. The summed E-state index contributed by atoms with van der Waals surface area (Å²) < 4.78 is 0. The first kappa shape index (κ1) is 14.8. The van der Waals surface area contributed by atoms with E-state index in [4.69, 9.17) is 11.6 Å². The SMILES string of the molecule is CCC1CCN(CCC(NC)c2ccccc2Cl)C1. The standard InChI is InChI=1S/C16H25ClN2/c1-3-13-8-10-19(12-13)11-9-16(18-2)14-6-4-5-7-15(14)17/h4-7,13,16,18H,3,8-12H2,1-2H3. The Morgan fingerprint density at radius 2 is 2.21 bits per heavy atom. The Hall–Kier alpha value is -0.570. The summed E-state index contributed by atoms with van der Waals surface area (Å²) in [5, 5.41) is 4.27. The molecule has 1 aromatic carbocycles. The summed E-state index contributed by atoms with van der Waals surface area (Å²) in [6.45, 7) is 5.99. The lowest BCUT2D eigenvalue weighted by Crippen LogP contribution is -2.27. The van der Waals surface area contributed by atoms with E-state index in [9.17, 15) is 0 Å². The molecule has 106 valence electrons. The number of nitrogens with zero attached hydrogens (tertiary/aromatic N) is 1. The van der Waals surface area contributed by atoms with Gasteiger partial charge in [0.1, 0.15) is 0 Å². The predicted molar refractivity (Wildman–Crippen MR) is 82.7 cm³/mol. The lowest BCUT2D eigenvalue weighted by molar-refractivity contribution is 0.301. The lowest BCUT2D eigenvalue weighted by atomic mass is 10.0. The van der Waals surface area contributed by atoms with Gasteiger partial charge in [-0.05, 0) is 50.5 Å². The Labute approximate surface area is 122 Å². The van der Waals surface area contributed by atoms with Crippen LogP contribution in [0.25, 0.3) is 0 Å². The van der Waals surface area contributed by atoms with E-state index in [-0.39, 0.29) is 0 Å². The summed E-state index contributed by atoms with van der Waals surface area (Å²) in [6, 6.07) is 8.51. The molecule has 2 atom stereocenters. The van der Waals surface area contributed by atoms with E-state index in [1.807, 2.05) is 19.2 Å². The molecule has 0 spiro atoms. The molecule has 19 heavy (non-hydrogen) atoms. The second kappa shape index (κ2) is 7.28. The van der Waals surface area contributed by atoms with Gasteiger partial charge in [0.15, 0.2) is 0 Å². The molecule has 1 N–H and O–H groups in total. The van der Waals surface area contributed by atoms with Crippen molar-refractivity contribution in [3.8, 4) is 0 Å². The van der Waals surface area contributed by atoms with Crippen molar-refractivity contribution >= 4 is 11.6 Å². The highest BCUT2D eigenvalue weighted by Crippen LogP contribution is 2.26. The first-order valence-electron chi connectivity index (χ1n) is 7.38. The molecule has 0 bridgehead atoms. The van der Waals surface area contributed by atoms with Crippen LogP contribution < -0.4 is 5.32 Å². The number of likely N-dealkylation sites (tertiary alicyclic amines) is 1. The molecule has 0 aromatic heterocycles. The van der Waals surface area contributed by atoms with Crippen LogP contribution in [-0.4, -0.2) is 31.6 Å². The smallest absolute Gasteiger partial charge is 0.0453 e. The fourth-order valence-corrected chi connectivity index (χ4v) is 3.24. The zero-order chi connectivity index (χ0) is 13.7. The van der Waals surface area contributed by atoms with Crippen molar-refractivity contribution in [1.29, 1.82) is 0 Å². The van der Waals surface area contributed by atoms with Crippen LogP contribution in [-0.2, 0) is 0 Å². The fourth-order valence-electron chi connectivity index (χ4n) is 2.97. The normalized spacial score (nSPS) is 21.7. The van der Waals surface area contributed by atoms with E-state index in [1.54, 1.807) is 0 Å². The number of hydrogen-bond acceptors (Lipinski definition) is 2. The first-order valence-corrected chi connectivity index (χ1v) is 7.76. The molecule has 1 fully saturated rings. The molecule has 0 radical (unpaired) electrons. The van der Waals surface area contributed by atoms with Crippen molar-refractivity contribution in [1.82, 2.24) is 10.2 Å². The highest BCUT2D eigenvalue weighted by atomic mass is 35.5. The van der Waals surface area contributed by atoms with Gasteiger partial charge >= 0.3 is 0 Å². The van der Waals surface area contributed by atoms with Crippen LogP contribution in [0.1, 0.15) is 37.8 Å². The van der Waals surface area contributed by atoms with Gasteiger partial charge in [-0.2, -0.15) is 0 Å². The van der Waals surface area contributed by atoms with Crippen LogP contribution in [0.2, 0.25) is 5.02 Å². The lowest BCUT2D eigenvalue weighted by Gasteiger charge is -2.22. The average molecular weight is 281 g/mol. The average Bonchev–Trinajstić information content (AvgIpc) is 2.89. The van der Waals surface area contributed by atoms with E-state index in [2.05, 4.69) is 29.3 Å². The van der Waals surface area contributed by atoms with Crippen LogP contribution in [0.3, 0.4) is 0 Å². The minimum Gasteiger partial charge on any atom is -0.313 e. The van der Waals surface area contributed by atoms with Gasteiger partial charge in [0.05, 0.1) is 0 Å². The Kier molecular flexibility index (Phi) is 5.68. The van der Waals surface area contributed by atoms with Crippen LogP contribution in [0.15, 0.2) is 24.3 Å². The van der Waals surface area contributed by atoms with Crippen LogP contribution in [0.4, 0.5) is 0 Å². The van der Waals surface area contributed by atoms with Gasteiger partial charge < -0.3 is 10.2 Å². The second-order valence-electron chi connectivity index (χ2n) is 5.52. The largest absolute Gasteiger partial charge is 0.313 e. The van der Waals surface area contributed by atoms with Crippen molar-refractivity contribution in [2.45, 2.75) is 32.2 Å². The number of nitrogens with one attached hydrogen (secondary N) is 1. The van der Waals surface area contributed by atoms with Gasteiger partial charge in [0.2, 0.25) is 0 Å². The molecule has 2 unspecified atom stereocenters. The van der Waals surface area contributed by atoms with E-state index >= 15 is 0 Å². The van der Waals surface area contributed by atoms with E-state index in [0.717, 1.165) is 23.9 Å². The van der Waals surface area contributed by atoms with E-state index < -0.39 is 0 Å². The topological polar surface area (TPSA) is 15.3 Å². The molecule has 2 rings (SSSR count). The first-order chi connectivity index (χ1) is 9.24. The Balaban J connectivity index is 1.88. The quantitative estimate of drug-likeness (QED) is 0.854. The van der Waals surface area contributed by atoms with Crippen LogP contribution in [0, 0.1) is 5.92 Å². The van der Waals surface area contributed by atoms with Crippen molar-refractivity contribution in [2.75, 3.05) is 26.7 Å². The summed E-state index contributed by atoms with van der Waals surface area (Å²) in [5.74, 6) is 0.911. The van der Waals surface area contributed by atoms with E-state index in [0.29, 0.717) is 6.04 Å². The molecule has 1 saturated heterocycles. The number of benzene rings is 1. The summed E-state index contributed by atoms with van der Waals surface area (Å²) in [5.41, 5.74) is 1.22. The van der Waals surface area contributed by atoms with Crippen molar-refractivity contribution in [3.05, 3.63) is 34.9 Å². The zero-order valence-corrected chi connectivity index (χ0v) is 12.8. The number of halogens is 1. The van der Waals surface area contributed by atoms with Gasteiger partial charge in [-0.3, -0.25) is 0 Å². The molecule has 2 nitrogen and oxygen atoms in total. The highest BCUT2D eigenvalue weighted by molar-refractivity contribution is 6.31. The number of rotatable bonds is 6. The molecule has 1 aliphatic heterocycles. The van der Waals surface area contributed by atoms with Gasteiger partial charge in [0, 0.05) is 17.6 Å². The van der Waals surface area contributed by atoms with E-state index in [1.165, 1.54) is 31.5 Å². The summed E-state index contributed by atoms with van der Waals surface area (Å²) in [7, 11) is 2.02. The van der Waals surface area contributed by atoms with Gasteiger partial charge in [0.25, 0.3) is 0 Å². The number of hydrogen-bond donors (Lipinski definition) is 1. The van der Waals surface area contributed by atoms with Gasteiger partial charge in [-0.1, -0.05) is 43.1 Å². The minimum atomic E-state index is 0.356. The Bertz CT molecular complexity index is 394. The molecule has 0 aliphatic carbocycles. The molecule has 0 amide bonds. The van der Waals surface area contributed by atoms with Crippen LogP contribution in [0.5, 0.6) is 0 Å². The molecule has 0 saturated carbocycles. The molecule has 1 aliphatic rings. The second-order valence-corrected chi connectivity index (χ2v) is 5.92. The third-order valence-electron chi connectivity index (χ3n) is 4.31. The van der Waals surface area contributed by atoms with Crippen molar-refractivity contribution in [3.63, 3.8) is 0 Å². The molecule has 1 aromatic rings. The maximum atomic E-state index is 6.29. The van der Waals surface area contributed by atoms with Gasteiger partial charge in [-0.25, -0.2) is 0 Å². The molecular formula is C16H25ClN2. The minimum absolute atomic E-state index is 0.356. The Morgan fingerprint density at radius 3 is 2.84 bits per heavy atom. The monoisotopic (exact) mass is 280 g/mol. The maximum Gasteiger partial charge on any atom is 0.0453 e. The third kappa shape index (κ3) is 3.95. The maximum absolute atomic E-state index is 6.29. The van der Waals surface area contributed by atoms with Gasteiger partial charge in [-0.15, -0.1) is 0 Å². The zero-order valence-electron chi connectivity index (χ0n) is 12.0. The molecule has 1 heterocycles. The van der Waals surface area contributed by atoms with Crippen LogP contribution >= 0.6 is 11.6 Å². The highest BCUT2D eigenvalue weighted by Gasteiger charge is 2.22. The van der Waals surface area contributed by atoms with Crippen molar-refractivity contribution < 1.29 is 0 Å². The summed E-state index contributed by atoms with van der Waals surface area (Å²) in [4.78, 5) is 2.59. The summed E-state index contributed by atoms with van der Waals surface area (Å²) >= 11 is 6.29. The molecule has 3 heteroatoms. The van der Waals surface area contributed by atoms with Crippen molar-refractivity contribution in [2.24, 2.45) is 5.92 Å².